The van der Waals surface area contributed by atoms with Gasteiger partial charge in [0.15, 0.2) is 0 Å². The average Bonchev–Trinajstić information content (AvgIpc) is 3.16. The summed E-state index contributed by atoms with van der Waals surface area (Å²) in [5.74, 6) is 1.87. The Kier molecular flexibility index (Phi) is 3.95. The van der Waals surface area contributed by atoms with Gasteiger partial charge in [-0.25, -0.2) is 4.98 Å². The van der Waals surface area contributed by atoms with Crippen molar-refractivity contribution in [2.45, 2.75) is 38.8 Å². The van der Waals surface area contributed by atoms with Crippen molar-refractivity contribution in [2.75, 3.05) is 7.11 Å². The number of carbonyl (C=O) groups excluding carboxylic acids is 1. The highest BCUT2D eigenvalue weighted by molar-refractivity contribution is 5.88. The number of aromatic nitrogens is 2. The van der Waals surface area contributed by atoms with Crippen molar-refractivity contribution in [2.24, 2.45) is 0 Å². The highest BCUT2D eigenvalue weighted by Crippen LogP contribution is 2.26. The van der Waals surface area contributed by atoms with E-state index in [4.69, 9.17) is 9.15 Å². The van der Waals surface area contributed by atoms with E-state index in [1.165, 1.54) is 0 Å². The largest absolute Gasteiger partial charge is 0.497 e. The van der Waals surface area contributed by atoms with Crippen molar-refractivity contribution in [3.63, 3.8) is 0 Å². The number of hydrogen-bond acceptors (Lipinski definition) is 4. The Hall–Kier alpha value is -2.76. The van der Waals surface area contributed by atoms with E-state index in [0.717, 1.165) is 53.2 Å². The smallest absolute Gasteiger partial charge is 0.224 e. The highest BCUT2D eigenvalue weighted by Gasteiger charge is 2.21. The summed E-state index contributed by atoms with van der Waals surface area (Å²) in [5.41, 5.74) is 2.66. The summed E-state index contributed by atoms with van der Waals surface area (Å²) < 4.78 is 12.9. The molecule has 1 atom stereocenters. The van der Waals surface area contributed by atoms with E-state index >= 15 is 0 Å². The number of hydrogen-bond donors (Lipinski definition) is 1. The van der Waals surface area contributed by atoms with Gasteiger partial charge in [-0.05, 0) is 25.5 Å². The molecule has 1 aliphatic rings. The van der Waals surface area contributed by atoms with E-state index in [9.17, 15) is 4.79 Å². The Bertz CT molecular complexity index is 925. The first-order valence-electron chi connectivity index (χ1n) is 8.48. The van der Waals surface area contributed by atoms with Crippen molar-refractivity contribution in [3.8, 4) is 5.75 Å². The van der Waals surface area contributed by atoms with Gasteiger partial charge in [-0.2, -0.15) is 0 Å². The van der Waals surface area contributed by atoms with Gasteiger partial charge >= 0.3 is 0 Å². The molecule has 0 aliphatic carbocycles. The summed E-state index contributed by atoms with van der Waals surface area (Å²) in [5, 5.41) is 4.09. The Balaban J connectivity index is 1.43. The lowest BCUT2D eigenvalue weighted by atomic mass is 10.1. The average molecular weight is 339 g/mol. The lowest BCUT2D eigenvalue weighted by Crippen LogP contribution is -2.41. The summed E-state index contributed by atoms with van der Waals surface area (Å²) in [7, 11) is 1.62. The fraction of sp³-hybridized carbons (Fsp3) is 0.368. The van der Waals surface area contributed by atoms with E-state index < -0.39 is 0 Å². The predicted molar refractivity (Wildman–Crippen MR) is 93.7 cm³/mol. The van der Waals surface area contributed by atoms with Crippen molar-refractivity contribution in [1.29, 1.82) is 0 Å². The zero-order valence-corrected chi connectivity index (χ0v) is 14.4. The molecule has 1 aliphatic heterocycles. The number of rotatable bonds is 4. The number of carbonyl (C=O) groups is 1. The second kappa shape index (κ2) is 6.27. The van der Waals surface area contributed by atoms with E-state index in [0.29, 0.717) is 6.42 Å². The van der Waals surface area contributed by atoms with Crippen LogP contribution in [0.3, 0.4) is 0 Å². The van der Waals surface area contributed by atoms with Gasteiger partial charge in [0.2, 0.25) is 5.91 Å². The summed E-state index contributed by atoms with van der Waals surface area (Å²) in [6, 6.07) is 5.79. The van der Waals surface area contributed by atoms with Gasteiger partial charge in [-0.15, -0.1) is 0 Å². The van der Waals surface area contributed by atoms with Crippen molar-refractivity contribution >= 4 is 16.9 Å². The van der Waals surface area contributed by atoms with Crippen molar-refractivity contribution in [1.82, 2.24) is 14.9 Å². The minimum Gasteiger partial charge on any atom is -0.497 e. The molecule has 1 aromatic carbocycles. The van der Waals surface area contributed by atoms with Gasteiger partial charge in [0, 0.05) is 42.2 Å². The molecule has 0 saturated heterocycles. The molecule has 0 fully saturated rings. The van der Waals surface area contributed by atoms with Gasteiger partial charge in [-0.1, -0.05) is 0 Å². The zero-order valence-electron chi connectivity index (χ0n) is 14.4. The van der Waals surface area contributed by atoms with Crippen LogP contribution in [0.4, 0.5) is 0 Å². The number of benzene rings is 1. The Morgan fingerprint density at radius 2 is 2.36 bits per heavy atom. The third kappa shape index (κ3) is 3.12. The maximum Gasteiger partial charge on any atom is 0.224 e. The first-order chi connectivity index (χ1) is 12.1. The molecule has 0 spiro atoms. The topological polar surface area (TPSA) is 69.3 Å². The Morgan fingerprint density at radius 1 is 1.48 bits per heavy atom. The fourth-order valence-corrected chi connectivity index (χ4v) is 3.48. The monoisotopic (exact) mass is 339 g/mol. The molecule has 0 radical (unpaired) electrons. The number of ether oxygens (including phenoxy) is 1. The molecule has 25 heavy (non-hydrogen) atoms. The molecule has 1 N–H and O–H groups in total. The molecule has 130 valence electrons. The first-order valence-corrected chi connectivity index (χ1v) is 8.48. The van der Waals surface area contributed by atoms with E-state index in [1.807, 2.05) is 31.3 Å². The van der Waals surface area contributed by atoms with E-state index in [2.05, 4.69) is 14.9 Å². The molecular weight excluding hydrogens is 318 g/mol. The second-order valence-electron chi connectivity index (χ2n) is 6.55. The highest BCUT2D eigenvalue weighted by atomic mass is 16.5. The molecule has 6 heteroatoms. The first kappa shape index (κ1) is 15.7. The van der Waals surface area contributed by atoms with Gasteiger partial charge in [0.1, 0.15) is 17.2 Å². The molecule has 2 aromatic heterocycles. The van der Waals surface area contributed by atoms with Crippen molar-refractivity contribution < 1.29 is 13.9 Å². The molecule has 3 aromatic rings. The predicted octanol–water partition coefficient (Wildman–Crippen LogP) is 2.62. The van der Waals surface area contributed by atoms with Crippen LogP contribution in [-0.4, -0.2) is 28.6 Å². The molecule has 1 amide bonds. The van der Waals surface area contributed by atoms with Crippen LogP contribution in [0.15, 0.2) is 35.1 Å². The number of nitrogens with zero attached hydrogens (tertiary/aromatic N) is 2. The van der Waals surface area contributed by atoms with Crippen LogP contribution in [0, 0.1) is 6.92 Å². The van der Waals surface area contributed by atoms with Crippen LogP contribution in [-0.2, 0) is 24.2 Å². The Morgan fingerprint density at radius 3 is 3.20 bits per heavy atom. The summed E-state index contributed by atoms with van der Waals surface area (Å²) >= 11 is 0. The summed E-state index contributed by atoms with van der Waals surface area (Å²) in [4.78, 5) is 17.0. The summed E-state index contributed by atoms with van der Waals surface area (Å²) in [6.45, 7) is 2.78. The molecule has 0 unspecified atom stereocenters. The maximum atomic E-state index is 12.5. The standard InChI is InChI=1S/C19H21N3O3/c1-12-9-22-10-14(3-6-18(22)20-12)21-19(23)7-13-11-25-17-8-15(24-2)4-5-16(13)17/h4-5,8-9,11,14H,3,6-7,10H2,1-2H3,(H,21,23)/t14-/m1/s1. The van der Waals surface area contributed by atoms with Gasteiger partial charge in [0.25, 0.3) is 0 Å². The molecule has 6 nitrogen and oxygen atoms in total. The lowest BCUT2D eigenvalue weighted by Gasteiger charge is -2.24. The second-order valence-corrected chi connectivity index (χ2v) is 6.55. The number of nitrogens with one attached hydrogen (secondary N) is 1. The molecule has 0 saturated carbocycles. The van der Waals surface area contributed by atoms with E-state index in [-0.39, 0.29) is 11.9 Å². The third-order valence-electron chi connectivity index (χ3n) is 4.69. The van der Waals surface area contributed by atoms with Gasteiger partial charge in [-0.3, -0.25) is 4.79 Å². The van der Waals surface area contributed by atoms with Crippen LogP contribution in [0.5, 0.6) is 5.75 Å². The number of imidazole rings is 1. The molecule has 3 heterocycles. The molecule has 0 bridgehead atoms. The number of aryl methyl sites for hydroxylation is 2. The number of amides is 1. The summed E-state index contributed by atoms with van der Waals surface area (Å²) in [6.07, 6.45) is 5.83. The minimum atomic E-state index is 0.0174. The quantitative estimate of drug-likeness (QED) is 0.793. The SMILES string of the molecule is COc1ccc2c(CC(=O)N[C@@H]3CCc4nc(C)cn4C3)coc2c1. The van der Waals surface area contributed by atoms with E-state index in [1.54, 1.807) is 13.4 Å². The van der Waals surface area contributed by atoms with Crippen LogP contribution in [0.25, 0.3) is 11.0 Å². The number of methoxy groups -OCH3 is 1. The zero-order chi connectivity index (χ0) is 17.4. The fourth-order valence-electron chi connectivity index (χ4n) is 3.48. The van der Waals surface area contributed by atoms with Gasteiger partial charge in [0.05, 0.1) is 25.5 Å². The number of fused-ring (bicyclic) bond motifs is 2. The van der Waals surface area contributed by atoms with Gasteiger partial charge < -0.3 is 19.0 Å². The van der Waals surface area contributed by atoms with Crippen LogP contribution < -0.4 is 10.1 Å². The number of furan rings is 1. The Labute approximate surface area is 145 Å². The minimum absolute atomic E-state index is 0.0174. The van der Waals surface area contributed by atoms with Crippen LogP contribution in [0.1, 0.15) is 23.5 Å². The third-order valence-corrected chi connectivity index (χ3v) is 4.69. The van der Waals surface area contributed by atoms with Crippen molar-refractivity contribution in [3.05, 3.63) is 47.7 Å². The molecule has 4 rings (SSSR count). The van der Waals surface area contributed by atoms with Crippen LogP contribution in [0.2, 0.25) is 0 Å². The lowest BCUT2D eigenvalue weighted by molar-refractivity contribution is -0.121. The normalized spacial score (nSPS) is 16.6. The van der Waals surface area contributed by atoms with Crippen LogP contribution >= 0.6 is 0 Å². The maximum absolute atomic E-state index is 12.5. The molecular formula is C19H21N3O3.